The Hall–Kier alpha value is -0.920. The zero-order valence-corrected chi connectivity index (χ0v) is 14.4. The van der Waals surface area contributed by atoms with Crippen molar-refractivity contribution in [1.29, 1.82) is 0 Å². The number of aromatic amines is 1. The van der Waals surface area contributed by atoms with E-state index in [0.717, 1.165) is 12.8 Å². The van der Waals surface area contributed by atoms with Gasteiger partial charge >= 0.3 is 0 Å². The Morgan fingerprint density at radius 1 is 1.19 bits per heavy atom. The number of sulfonamides is 1. The first kappa shape index (κ1) is 18.1. The van der Waals surface area contributed by atoms with Gasteiger partial charge in [-0.3, -0.25) is 5.10 Å². The molecular formula is C14H28N4O2S. The molecule has 0 saturated heterocycles. The van der Waals surface area contributed by atoms with E-state index in [0.29, 0.717) is 18.0 Å². The molecule has 0 aliphatic carbocycles. The van der Waals surface area contributed by atoms with E-state index in [-0.39, 0.29) is 17.1 Å². The third kappa shape index (κ3) is 6.15. The highest BCUT2D eigenvalue weighted by molar-refractivity contribution is 7.89. The fraction of sp³-hybridized carbons (Fsp3) is 0.786. The maximum atomic E-state index is 12.4. The topological polar surface area (TPSA) is 86.9 Å². The van der Waals surface area contributed by atoms with Crippen LogP contribution in [0.5, 0.6) is 0 Å². The van der Waals surface area contributed by atoms with Gasteiger partial charge in [0.1, 0.15) is 0 Å². The molecule has 0 amide bonds. The molecule has 1 rings (SSSR count). The summed E-state index contributed by atoms with van der Waals surface area (Å²) < 4.78 is 27.5. The van der Waals surface area contributed by atoms with Crippen molar-refractivity contribution in [3.05, 3.63) is 11.8 Å². The van der Waals surface area contributed by atoms with Crippen LogP contribution in [-0.2, 0) is 16.6 Å². The second-order valence-electron chi connectivity index (χ2n) is 6.25. The van der Waals surface area contributed by atoms with Crippen molar-refractivity contribution < 1.29 is 8.42 Å². The van der Waals surface area contributed by atoms with Crippen molar-refractivity contribution >= 4 is 10.0 Å². The second kappa shape index (κ2) is 7.91. The van der Waals surface area contributed by atoms with Crippen LogP contribution in [0.4, 0.5) is 0 Å². The molecule has 0 spiro atoms. The lowest BCUT2D eigenvalue weighted by Crippen LogP contribution is -2.34. The molecule has 0 fully saturated rings. The van der Waals surface area contributed by atoms with E-state index < -0.39 is 10.0 Å². The van der Waals surface area contributed by atoms with Crippen LogP contribution in [0.2, 0.25) is 0 Å². The maximum Gasteiger partial charge on any atom is 0.258 e. The molecule has 0 bridgehead atoms. The molecule has 1 atom stereocenters. The number of aromatic nitrogens is 2. The summed E-state index contributed by atoms with van der Waals surface area (Å²) in [5.74, 6) is 0.565. The number of hydrogen-bond acceptors (Lipinski definition) is 4. The molecule has 6 nitrogen and oxygen atoms in total. The van der Waals surface area contributed by atoms with Crippen LogP contribution in [-0.4, -0.2) is 30.7 Å². The molecule has 21 heavy (non-hydrogen) atoms. The van der Waals surface area contributed by atoms with Crippen molar-refractivity contribution in [1.82, 2.24) is 20.2 Å². The quantitative estimate of drug-likeness (QED) is 0.650. The van der Waals surface area contributed by atoms with E-state index in [4.69, 9.17) is 0 Å². The zero-order chi connectivity index (χ0) is 16.0. The number of nitrogens with zero attached hydrogens (tertiary/aromatic N) is 1. The van der Waals surface area contributed by atoms with Crippen molar-refractivity contribution in [3.8, 4) is 0 Å². The number of rotatable bonds is 9. The predicted octanol–water partition coefficient (Wildman–Crippen LogP) is 2.01. The Balaban J connectivity index is 2.72. The standard InChI is InChI=1S/C14H28N4O2S/c1-10(2)6-7-12(5)18-21(19,20)14-13(9-16-17-14)8-15-11(3)4/h9-12,15,18H,6-8H2,1-5H3,(H,16,17). The summed E-state index contributed by atoms with van der Waals surface area (Å²) in [7, 11) is -3.55. The minimum absolute atomic E-state index is 0.0911. The smallest absolute Gasteiger partial charge is 0.258 e. The fourth-order valence-corrected chi connectivity index (χ4v) is 3.35. The lowest BCUT2D eigenvalue weighted by Gasteiger charge is -2.15. The van der Waals surface area contributed by atoms with Crippen LogP contribution >= 0.6 is 0 Å². The summed E-state index contributed by atoms with van der Waals surface area (Å²) in [6.07, 6.45) is 3.38. The van der Waals surface area contributed by atoms with Gasteiger partial charge in [0.25, 0.3) is 10.0 Å². The Labute approximate surface area is 128 Å². The number of H-pyrrole nitrogens is 1. The van der Waals surface area contributed by atoms with Crippen molar-refractivity contribution in [2.75, 3.05) is 0 Å². The molecular weight excluding hydrogens is 288 g/mol. The molecule has 122 valence electrons. The van der Waals surface area contributed by atoms with Gasteiger partial charge in [-0.2, -0.15) is 5.10 Å². The molecule has 7 heteroatoms. The molecule has 0 radical (unpaired) electrons. The first-order chi connectivity index (χ1) is 9.72. The van der Waals surface area contributed by atoms with Gasteiger partial charge in [0, 0.05) is 24.2 Å². The van der Waals surface area contributed by atoms with Gasteiger partial charge in [-0.15, -0.1) is 0 Å². The summed E-state index contributed by atoms with van der Waals surface area (Å²) in [6, 6.07) is 0.194. The van der Waals surface area contributed by atoms with Gasteiger partial charge < -0.3 is 5.32 Å². The van der Waals surface area contributed by atoms with Gasteiger partial charge in [-0.1, -0.05) is 27.7 Å². The highest BCUT2D eigenvalue weighted by atomic mass is 32.2. The van der Waals surface area contributed by atoms with E-state index in [2.05, 4.69) is 34.1 Å². The molecule has 0 saturated carbocycles. The summed E-state index contributed by atoms with van der Waals surface area (Å²) in [5, 5.41) is 9.82. The average Bonchev–Trinajstić information content (AvgIpc) is 2.82. The highest BCUT2D eigenvalue weighted by Crippen LogP contribution is 2.14. The van der Waals surface area contributed by atoms with Gasteiger partial charge in [0.15, 0.2) is 5.03 Å². The summed E-state index contributed by atoms with van der Waals surface area (Å²) >= 11 is 0. The van der Waals surface area contributed by atoms with Crippen molar-refractivity contribution in [3.63, 3.8) is 0 Å². The highest BCUT2D eigenvalue weighted by Gasteiger charge is 2.22. The van der Waals surface area contributed by atoms with Crippen LogP contribution < -0.4 is 10.0 Å². The van der Waals surface area contributed by atoms with E-state index in [1.807, 2.05) is 20.8 Å². The largest absolute Gasteiger partial charge is 0.310 e. The van der Waals surface area contributed by atoms with Crippen LogP contribution in [0, 0.1) is 5.92 Å². The molecule has 1 unspecified atom stereocenters. The lowest BCUT2D eigenvalue weighted by atomic mass is 10.1. The maximum absolute atomic E-state index is 12.4. The molecule has 3 N–H and O–H groups in total. The Kier molecular flexibility index (Phi) is 6.83. The molecule has 1 aromatic rings. The average molecular weight is 316 g/mol. The van der Waals surface area contributed by atoms with Crippen LogP contribution in [0.3, 0.4) is 0 Å². The van der Waals surface area contributed by atoms with Crippen molar-refractivity contribution in [2.45, 2.75) is 71.1 Å². The normalized spacial score (nSPS) is 14.0. The molecule has 0 aliphatic rings. The van der Waals surface area contributed by atoms with Crippen LogP contribution in [0.1, 0.15) is 53.0 Å². The lowest BCUT2D eigenvalue weighted by molar-refractivity contribution is 0.483. The zero-order valence-electron chi connectivity index (χ0n) is 13.6. The summed E-state index contributed by atoms with van der Waals surface area (Å²) in [5.41, 5.74) is 0.659. The predicted molar refractivity (Wildman–Crippen MR) is 84.4 cm³/mol. The van der Waals surface area contributed by atoms with Gasteiger partial charge in [0.05, 0.1) is 6.20 Å². The monoisotopic (exact) mass is 316 g/mol. The number of nitrogens with one attached hydrogen (secondary N) is 3. The van der Waals surface area contributed by atoms with E-state index in [1.165, 1.54) is 0 Å². The third-order valence-corrected chi connectivity index (χ3v) is 4.78. The van der Waals surface area contributed by atoms with Gasteiger partial charge in [0.2, 0.25) is 0 Å². The Morgan fingerprint density at radius 3 is 2.43 bits per heavy atom. The third-order valence-electron chi connectivity index (χ3n) is 3.18. The minimum atomic E-state index is -3.55. The van der Waals surface area contributed by atoms with Crippen LogP contribution in [0.15, 0.2) is 11.2 Å². The van der Waals surface area contributed by atoms with E-state index in [9.17, 15) is 8.42 Å². The first-order valence-corrected chi connectivity index (χ1v) is 8.98. The van der Waals surface area contributed by atoms with Gasteiger partial charge in [-0.25, -0.2) is 13.1 Å². The Morgan fingerprint density at radius 2 is 1.86 bits per heavy atom. The summed E-state index contributed by atoms with van der Waals surface area (Å²) in [6.45, 7) is 10.7. The van der Waals surface area contributed by atoms with Crippen molar-refractivity contribution in [2.24, 2.45) is 5.92 Å². The minimum Gasteiger partial charge on any atom is -0.310 e. The SMILES string of the molecule is CC(C)CCC(C)NS(=O)(=O)c1[nH]ncc1CNC(C)C. The molecule has 1 aromatic heterocycles. The number of hydrogen-bond donors (Lipinski definition) is 3. The molecule has 0 aromatic carbocycles. The summed E-state index contributed by atoms with van der Waals surface area (Å²) in [4.78, 5) is 0. The van der Waals surface area contributed by atoms with E-state index in [1.54, 1.807) is 6.20 Å². The Bertz CT molecular complexity index is 523. The molecule has 0 aliphatic heterocycles. The van der Waals surface area contributed by atoms with Crippen LogP contribution in [0.25, 0.3) is 0 Å². The van der Waals surface area contributed by atoms with E-state index >= 15 is 0 Å². The molecule has 1 heterocycles. The van der Waals surface area contributed by atoms with Gasteiger partial charge in [-0.05, 0) is 25.7 Å². The second-order valence-corrected chi connectivity index (χ2v) is 7.90. The first-order valence-electron chi connectivity index (χ1n) is 7.50. The fourth-order valence-electron chi connectivity index (χ4n) is 1.94.